The van der Waals surface area contributed by atoms with Crippen molar-refractivity contribution in [1.82, 2.24) is 10.0 Å². The lowest BCUT2D eigenvalue weighted by molar-refractivity contribution is 0.0950. The van der Waals surface area contributed by atoms with Gasteiger partial charge >= 0.3 is 0 Å². The van der Waals surface area contributed by atoms with E-state index < -0.39 is 10.0 Å². The number of sulfonamides is 1. The van der Waals surface area contributed by atoms with Crippen LogP contribution in [0, 0.1) is 0 Å². The van der Waals surface area contributed by atoms with Gasteiger partial charge in [-0.15, -0.1) is 0 Å². The first kappa shape index (κ1) is 18.4. The summed E-state index contributed by atoms with van der Waals surface area (Å²) in [6.07, 6.45) is 0.782. The first-order chi connectivity index (χ1) is 10.5. The van der Waals surface area contributed by atoms with Crippen molar-refractivity contribution in [2.45, 2.75) is 18.2 Å². The first-order valence-electron chi connectivity index (χ1n) is 6.91. The maximum atomic E-state index is 12.2. The van der Waals surface area contributed by atoms with Crippen molar-refractivity contribution >= 4 is 15.9 Å². The lowest BCUT2D eigenvalue weighted by atomic mass is 10.2. The van der Waals surface area contributed by atoms with Crippen molar-refractivity contribution in [1.29, 1.82) is 0 Å². The molecule has 0 saturated heterocycles. The molecule has 0 spiro atoms. The summed E-state index contributed by atoms with van der Waals surface area (Å²) in [5.41, 5.74) is 0.186. The Morgan fingerprint density at radius 2 is 1.95 bits per heavy atom. The summed E-state index contributed by atoms with van der Waals surface area (Å²) < 4.78 is 36.6. The van der Waals surface area contributed by atoms with Crippen LogP contribution in [0.25, 0.3) is 0 Å². The maximum absolute atomic E-state index is 12.2. The van der Waals surface area contributed by atoms with Crippen molar-refractivity contribution in [2.24, 2.45) is 0 Å². The Kier molecular flexibility index (Phi) is 7.30. The monoisotopic (exact) mass is 330 g/mol. The normalized spacial score (nSPS) is 11.2. The number of methoxy groups -OCH3 is 2. The average molecular weight is 330 g/mol. The second-order valence-electron chi connectivity index (χ2n) is 4.51. The lowest BCUT2D eigenvalue weighted by Crippen LogP contribution is -2.28. The number of carbonyl (C=O) groups excluding carboxylic acids is 1. The topological polar surface area (TPSA) is 93.7 Å². The molecule has 0 radical (unpaired) electrons. The van der Waals surface area contributed by atoms with E-state index in [1.807, 2.05) is 6.92 Å². The summed E-state index contributed by atoms with van der Waals surface area (Å²) in [7, 11) is -0.788. The second-order valence-corrected chi connectivity index (χ2v) is 6.28. The van der Waals surface area contributed by atoms with Crippen LogP contribution in [0.15, 0.2) is 23.1 Å². The standard InChI is InChI=1S/C14H22N2O5S/c1-4-7-15-14(17)12-10-11(5-6-13(12)21-3)22(18,19)16-8-9-20-2/h5-6,10,16H,4,7-9H2,1-3H3,(H,15,17). The van der Waals surface area contributed by atoms with Crippen LogP contribution in [-0.2, 0) is 14.8 Å². The number of amides is 1. The third-order valence-corrected chi connectivity index (χ3v) is 4.32. The van der Waals surface area contributed by atoms with Crippen LogP contribution in [0.5, 0.6) is 5.75 Å². The lowest BCUT2D eigenvalue weighted by Gasteiger charge is -2.12. The predicted octanol–water partition coefficient (Wildman–Crippen LogP) is 0.760. The average Bonchev–Trinajstić information content (AvgIpc) is 2.52. The highest BCUT2D eigenvalue weighted by Crippen LogP contribution is 2.22. The Labute approximate surface area is 131 Å². The Hall–Kier alpha value is -1.64. The quantitative estimate of drug-likeness (QED) is 0.652. The summed E-state index contributed by atoms with van der Waals surface area (Å²) in [4.78, 5) is 12.1. The van der Waals surface area contributed by atoms with Crippen LogP contribution < -0.4 is 14.8 Å². The maximum Gasteiger partial charge on any atom is 0.255 e. The van der Waals surface area contributed by atoms with E-state index in [9.17, 15) is 13.2 Å². The SMILES string of the molecule is CCCNC(=O)c1cc(S(=O)(=O)NCCOC)ccc1OC. The molecule has 0 aliphatic heterocycles. The van der Waals surface area contributed by atoms with E-state index in [0.717, 1.165) is 6.42 Å². The smallest absolute Gasteiger partial charge is 0.255 e. The summed E-state index contributed by atoms with van der Waals surface area (Å²) in [5, 5.41) is 2.70. The van der Waals surface area contributed by atoms with E-state index in [1.54, 1.807) is 0 Å². The van der Waals surface area contributed by atoms with E-state index in [0.29, 0.717) is 12.3 Å². The highest BCUT2D eigenvalue weighted by molar-refractivity contribution is 7.89. The molecule has 1 amide bonds. The fourth-order valence-corrected chi connectivity index (χ4v) is 2.77. The van der Waals surface area contributed by atoms with Crippen LogP contribution >= 0.6 is 0 Å². The molecular weight excluding hydrogens is 308 g/mol. The Bertz CT molecular complexity index is 601. The highest BCUT2D eigenvalue weighted by atomic mass is 32.2. The largest absolute Gasteiger partial charge is 0.496 e. The Balaban J connectivity index is 3.05. The Morgan fingerprint density at radius 3 is 2.55 bits per heavy atom. The number of rotatable bonds is 9. The van der Waals surface area contributed by atoms with Gasteiger partial charge in [-0.3, -0.25) is 4.79 Å². The van der Waals surface area contributed by atoms with Crippen LogP contribution in [0.2, 0.25) is 0 Å². The molecule has 0 bridgehead atoms. The van der Waals surface area contributed by atoms with Gasteiger partial charge in [0.05, 0.1) is 24.2 Å². The van der Waals surface area contributed by atoms with Crippen LogP contribution in [0.1, 0.15) is 23.7 Å². The third kappa shape index (κ3) is 4.97. The molecule has 7 nitrogen and oxygen atoms in total. The van der Waals surface area contributed by atoms with E-state index in [4.69, 9.17) is 9.47 Å². The van der Waals surface area contributed by atoms with Crippen molar-refractivity contribution in [2.75, 3.05) is 33.9 Å². The van der Waals surface area contributed by atoms with E-state index in [2.05, 4.69) is 10.0 Å². The van der Waals surface area contributed by atoms with Gasteiger partial charge in [-0.1, -0.05) is 6.92 Å². The zero-order chi connectivity index (χ0) is 16.6. The van der Waals surface area contributed by atoms with Gasteiger partial charge in [0.1, 0.15) is 5.75 Å². The molecule has 0 heterocycles. The van der Waals surface area contributed by atoms with Gasteiger partial charge in [0, 0.05) is 20.2 Å². The molecular formula is C14H22N2O5S. The predicted molar refractivity (Wildman–Crippen MR) is 82.7 cm³/mol. The number of nitrogens with one attached hydrogen (secondary N) is 2. The van der Waals surface area contributed by atoms with Gasteiger partial charge in [-0.05, 0) is 24.6 Å². The Morgan fingerprint density at radius 1 is 1.23 bits per heavy atom. The zero-order valence-electron chi connectivity index (χ0n) is 13.0. The fourth-order valence-electron chi connectivity index (χ4n) is 1.73. The summed E-state index contributed by atoms with van der Waals surface area (Å²) in [6, 6.07) is 4.16. The molecule has 1 aromatic rings. The molecule has 22 heavy (non-hydrogen) atoms. The highest BCUT2D eigenvalue weighted by Gasteiger charge is 2.19. The van der Waals surface area contributed by atoms with Crippen LogP contribution in [-0.4, -0.2) is 48.2 Å². The minimum absolute atomic E-state index is 0.00560. The van der Waals surface area contributed by atoms with E-state index in [-0.39, 0.29) is 29.5 Å². The minimum Gasteiger partial charge on any atom is -0.496 e. The molecule has 2 N–H and O–H groups in total. The first-order valence-corrected chi connectivity index (χ1v) is 8.39. The molecule has 0 atom stereocenters. The molecule has 124 valence electrons. The van der Waals surface area contributed by atoms with Crippen LogP contribution in [0.3, 0.4) is 0 Å². The summed E-state index contributed by atoms with van der Waals surface area (Å²) in [6.45, 7) is 2.85. The van der Waals surface area contributed by atoms with Gasteiger partial charge in [0.25, 0.3) is 5.91 Å². The number of carbonyl (C=O) groups is 1. The molecule has 0 saturated carbocycles. The summed E-state index contributed by atoms with van der Waals surface area (Å²) in [5.74, 6) is -0.0444. The van der Waals surface area contributed by atoms with Crippen LogP contribution in [0.4, 0.5) is 0 Å². The van der Waals surface area contributed by atoms with Crippen molar-refractivity contribution in [3.8, 4) is 5.75 Å². The van der Waals surface area contributed by atoms with Crippen molar-refractivity contribution < 1.29 is 22.7 Å². The second kappa shape index (κ2) is 8.72. The molecule has 0 aromatic heterocycles. The van der Waals surface area contributed by atoms with Crippen molar-refractivity contribution in [3.63, 3.8) is 0 Å². The van der Waals surface area contributed by atoms with Gasteiger partial charge in [0.2, 0.25) is 10.0 Å². The molecule has 0 aliphatic rings. The third-order valence-electron chi connectivity index (χ3n) is 2.86. The number of ether oxygens (including phenoxy) is 2. The molecule has 1 aromatic carbocycles. The van der Waals surface area contributed by atoms with Crippen molar-refractivity contribution in [3.05, 3.63) is 23.8 Å². The summed E-state index contributed by atoms with van der Waals surface area (Å²) >= 11 is 0. The number of hydrogen-bond donors (Lipinski definition) is 2. The van der Waals surface area contributed by atoms with E-state index in [1.165, 1.54) is 32.4 Å². The molecule has 0 aliphatic carbocycles. The molecule has 1 rings (SSSR count). The zero-order valence-corrected chi connectivity index (χ0v) is 13.8. The fraction of sp³-hybridized carbons (Fsp3) is 0.500. The van der Waals surface area contributed by atoms with Gasteiger partial charge in [0.15, 0.2) is 0 Å². The van der Waals surface area contributed by atoms with Gasteiger partial charge in [-0.2, -0.15) is 0 Å². The van der Waals surface area contributed by atoms with E-state index >= 15 is 0 Å². The van der Waals surface area contributed by atoms with Gasteiger partial charge in [-0.25, -0.2) is 13.1 Å². The number of benzene rings is 1. The molecule has 8 heteroatoms. The minimum atomic E-state index is -3.70. The number of hydrogen-bond acceptors (Lipinski definition) is 5. The van der Waals surface area contributed by atoms with Gasteiger partial charge < -0.3 is 14.8 Å². The molecule has 0 fully saturated rings. The molecule has 0 unspecified atom stereocenters.